The molecule has 0 N–H and O–H groups in total. The Bertz CT molecular complexity index is 637. The average molecular weight is 311 g/mol. The smallest absolute Gasteiger partial charge is 0.276 e. The molecule has 2 aromatic rings. The summed E-state index contributed by atoms with van der Waals surface area (Å²) < 4.78 is 5.36. The topological polar surface area (TPSA) is 45.7 Å². The Morgan fingerprint density at radius 2 is 1.91 bits per heavy atom. The van der Waals surface area contributed by atoms with E-state index in [2.05, 4.69) is 9.88 Å². The molecule has 1 aromatic heterocycles. The van der Waals surface area contributed by atoms with Crippen molar-refractivity contribution in [2.75, 3.05) is 42.6 Å². The van der Waals surface area contributed by atoms with Crippen molar-refractivity contribution in [3.8, 4) is 0 Å². The third kappa shape index (κ3) is 3.51. The van der Waals surface area contributed by atoms with Crippen LogP contribution in [0.1, 0.15) is 17.4 Å². The third-order valence-corrected chi connectivity index (χ3v) is 3.97. The second kappa shape index (κ2) is 7.24. The van der Waals surface area contributed by atoms with E-state index in [1.807, 2.05) is 43.3 Å². The Kier molecular flexibility index (Phi) is 4.88. The maximum atomic E-state index is 12.7. The number of morpholine rings is 1. The molecular weight excluding hydrogens is 290 g/mol. The summed E-state index contributed by atoms with van der Waals surface area (Å²) >= 11 is 0. The van der Waals surface area contributed by atoms with E-state index in [9.17, 15) is 4.79 Å². The van der Waals surface area contributed by atoms with Gasteiger partial charge in [-0.15, -0.1) is 0 Å². The molecule has 0 radical (unpaired) electrons. The third-order valence-electron chi connectivity index (χ3n) is 3.97. The van der Waals surface area contributed by atoms with Gasteiger partial charge in [-0.3, -0.25) is 4.79 Å². The van der Waals surface area contributed by atoms with Crippen LogP contribution < -0.4 is 9.80 Å². The van der Waals surface area contributed by atoms with Crippen LogP contribution >= 0.6 is 0 Å². The number of hydrogen-bond donors (Lipinski definition) is 0. The maximum Gasteiger partial charge on any atom is 0.276 e. The molecule has 23 heavy (non-hydrogen) atoms. The maximum absolute atomic E-state index is 12.7. The summed E-state index contributed by atoms with van der Waals surface area (Å²) in [6, 6.07) is 13.4. The van der Waals surface area contributed by atoms with Crippen LogP contribution in [-0.2, 0) is 4.74 Å². The number of rotatable bonds is 4. The van der Waals surface area contributed by atoms with Crippen LogP contribution in [0.25, 0.3) is 0 Å². The minimum Gasteiger partial charge on any atom is -0.378 e. The molecule has 3 rings (SSSR count). The molecule has 0 aliphatic carbocycles. The van der Waals surface area contributed by atoms with E-state index in [0.29, 0.717) is 12.2 Å². The molecule has 1 aliphatic heterocycles. The zero-order valence-electron chi connectivity index (χ0n) is 13.3. The van der Waals surface area contributed by atoms with E-state index in [1.165, 1.54) is 0 Å². The lowest BCUT2D eigenvalue weighted by Gasteiger charge is -2.28. The van der Waals surface area contributed by atoms with Crippen molar-refractivity contribution in [3.63, 3.8) is 0 Å². The number of benzene rings is 1. The Hall–Kier alpha value is -2.40. The van der Waals surface area contributed by atoms with E-state index in [1.54, 1.807) is 17.2 Å². The number of anilines is 2. The first-order valence-corrected chi connectivity index (χ1v) is 7.95. The van der Waals surface area contributed by atoms with Crippen molar-refractivity contribution in [3.05, 3.63) is 54.4 Å². The fourth-order valence-electron chi connectivity index (χ4n) is 2.71. The SMILES string of the molecule is CCN(C(=O)c1ccc(N2CCOCC2)cn1)c1ccccc1. The van der Waals surface area contributed by atoms with Crippen LogP contribution in [0.4, 0.5) is 11.4 Å². The molecule has 1 fully saturated rings. The predicted molar refractivity (Wildman–Crippen MR) is 91.1 cm³/mol. The van der Waals surface area contributed by atoms with Gasteiger partial charge in [0.05, 0.1) is 25.1 Å². The van der Waals surface area contributed by atoms with Gasteiger partial charge in [0.2, 0.25) is 0 Å². The molecule has 0 atom stereocenters. The highest BCUT2D eigenvalue weighted by atomic mass is 16.5. The summed E-state index contributed by atoms with van der Waals surface area (Å²) in [6.45, 7) is 5.76. The molecule has 120 valence electrons. The fourth-order valence-corrected chi connectivity index (χ4v) is 2.71. The van der Waals surface area contributed by atoms with Gasteiger partial charge in [-0.05, 0) is 31.2 Å². The minimum absolute atomic E-state index is 0.0766. The minimum atomic E-state index is -0.0766. The quantitative estimate of drug-likeness (QED) is 0.870. The molecule has 0 bridgehead atoms. The van der Waals surface area contributed by atoms with Crippen molar-refractivity contribution >= 4 is 17.3 Å². The van der Waals surface area contributed by atoms with Gasteiger partial charge in [-0.25, -0.2) is 4.98 Å². The highest BCUT2D eigenvalue weighted by molar-refractivity contribution is 6.04. The van der Waals surface area contributed by atoms with Gasteiger partial charge in [0.25, 0.3) is 5.91 Å². The summed E-state index contributed by atoms with van der Waals surface area (Å²) in [7, 11) is 0. The van der Waals surface area contributed by atoms with E-state index >= 15 is 0 Å². The lowest BCUT2D eigenvalue weighted by molar-refractivity contribution is 0.0983. The van der Waals surface area contributed by atoms with E-state index in [-0.39, 0.29) is 5.91 Å². The van der Waals surface area contributed by atoms with Crippen molar-refractivity contribution in [1.82, 2.24) is 4.98 Å². The van der Waals surface area contributed by atoms with Crippen LogP contribution in [0, 0.1) is 0 Å². The Labute approximate surface area is 136 Å². The number of amides is 1. The van der Waals surface area contributed by atoms with Crippen LogP contribution in [-0.4, -0.2) is 43.7 Å². The molecular formula is C18H21N3O2. The molecule has 1 aliphatic rings. The van der Waals surface area contributed by atoms with Gasteiger partial charge in [-0.1, -0.05) is 18.2 Å². The van der Waals surface area contributed by atoms with Gasteiger partial charge < -0.3 is 14.5 Å². The lowest BCUT2D eigenvalue weighted by atomic mass is 10.2. The molecule has 0 saturated carbocycles. The second-order valence-electron chi connectivity index (χ2n) is 5.39. The second-order valence-corrected chi connectivity index (χ2v) is 5.39. The van der Waals surface area contributed by atoms with Crippen LogP contribution in [0.2, 0.25) is 0 Å². The predicted octanol–water partition coefficient (Wildman–Crippen LogP) is 2.58. The lowest BCUT2D eigenvalue weighted by Crippen LogP contribution is -2.36. The summed E-state index contributed by atoms with van der Waals surface area (Å²) in [4.78, 5) is 21.0. The summed E-state index contributed by atoms with van der Waals surface area (Å²) in [5, 5.41) is 0. The van der Waals surface area contributed by atoms with Gasteiger partial charge in [0, 0.05) is 25.3 Å². The fraction of sp³-hybridized carbons (Fsp3) is 0.333. The Balaban J connectivity index is 1.76. The number of nitrogens with zero attached hydrogens (tertiary/aromatic N) is 3. The van der Waals surface area contributed by atoms with E-state index < -0.39 is 0 Å². The number of pyridine rings is 1. The van der Waals surface area contributed by atoms with Crippen molar-refractivity contribution in [2.45, 2.75) is 6.92 Å². The summed E-state index contributed by atoms with van der Waals surface area (Å²) in [5.41, 5.74) is 2.39. The molecule has 0 spiro atoms. The van der Waals surface area contributed by atoms with E-state index in [0.717, 1.165) is 37.7 Å². The number of carbonyl (C=O) groups is 1. The standard InChI is InChI=1S/C18H21N3O2/c1-2-21(15-6-4-3-5-7-15)18(22)17-9-8-16(14-19-17)20-10-12-23-13-11-20/h3-9,14H,2,10-13H2,1H3. The first kappa shape index (κ1) is 15.5. The first-order chi connectivity index (χ1) is 11.3. The number of aromatic nitrogens is 1. The van der Waals surface area contributed by atoms with Crippen molar-refractivity contribution < 1.29 is 9.53 Å². The van der Waals surface area contributed by atoms with Crippen molar-refractivity contribution in [1.29, 1.82) is 0 Å². The summed E-state index contributed by atoms with van der Waals surface area (Å²) in [6.07, 6.45) is 1.78. The summed E-state index contributed by atoms with van der Waals surface area (Å²) in [5.74, 6) is -0.0766. The Morgan fingerprint density at radius 3 is 2.52 bits per heavy atom. The molecule has 1 aromatic carbocycles. The zero-order chi connectivity index (χ0) is 16.1. The molecule has 2 heterocycles. The average Bonchev–Trinajstić information content (AvgIpc) is 2.64. The van der Waals surface area contributed by atoms with E-state index in [4.69, 9.17) is 4.74 Å². The number of carbonyl (C=O) groups excluding carboxylic acids is 1. The molecule has 0 unspecified atom stereocenters. The zero-order valence-corrected chi connectivity index (χ0v) is 13.3. The number of para-hydroxylation sites is 1. The number of hydrogen-bond acceptors (Lipinski definition) is 4. The first-order valence-electron chi connectivity index (χ1n) is 7.95. The highest BCUT2D eigenvalue weighted by Gasteiger charge is 2.18. The molecule has 1 amide bonds. The largest absolute Gasteiger partial charge is 0.378 e. The monoisotopic (exact) mass is 311 g/mol. The van der Waals surface area contributed by atoms with Crippen LogP contribution in [0.3, 0.4) is 0 Å². The van der Waals surface area contributed by atoms with Crippen LogP contribution in [0.15, 0.2) is 48.7 Å². The molecule has 5 nitrogen and oxygen atoms in total. The van der Waals surface area contributed by atoms with Crippen LogP contribution in [0.5, 0.6) is 0 Å². The van der Waals surface area contributed by atoms with Gasteiger partial charge in [-0.2, -0.15) is 0 Å². The number of ether oxygens (including phenoxy) is 1. The van der Waals surface area contributed by atoms with Crippen molar-refractivity contribution in [2.24, 2.45) is 0 Å². The Morgan fingerprint density at radius 1 is 1.17 bits per heavy atom. The van der Waals surface area contributed by atoms with Gasteiger partial charge in [0.15, 0.2) is 0 Å². The molecule has 1 saturated heterocycles. The molecule has 5 heteroatoms. The van der Waals surface area contributed by atoms with Gasteiger partial charge >= 0.3 is 0 Å². The highest BCUT2D eigenvalue weighted by Crippen LogP contribution is 2.18. The van der Waals surface area contributed by atoms with Gasteiger partial charge in [0.1, 0.15) is 5.69 Å². The normalized spacial score (nSPS) is 14.6.